The molecule has 0 fully saturated rings. The first-order valence-electron chi connectivity index (χ1n) is 4.53. The molecule has 1 aromatic carbocycles. The van der Waals surface area contributed by atoms with Crippen molar-refractivity contribution in [2.75, 3.05) is 6.61 Å². The maximum Gasteiger partial charge on any atom is 0.155 e. The molecule has 2 aromatic rings. The third-order valence-electron chi connectivity index (χ3n) is 2.15. The summed E-state index contributed by atoms with van der Waals surface area (Å²) in [7, 11) is 0. The Balaban J connectivity index is 2.73. The topological polar surface area (TPSA) is 9.23 Å². The zero-order valence-electron chi connectivity index (χ0n) is 8.13. The summed E-state index contributed by atoms with van der Waals surface area (Å²) in [6.45, 7) is 4.68. The summed E-state index contributed by atoms with van der Waals surface area (Å²) < 4.78 is 6.69. The first-order valence-corrected chi connectivity index (χ1v) is 5.79. The van der Waals surface area contributed by atoms with Crippen LogP contribution in [-0.4, -0.2) is 6.61 Å². The summed E-state index contributed by atoms with van der Waals surface area (Å²) in [5.41, 5.74) is 1.20. The predicted octanol–water partition coefficient (Wildman–Crippen LogP) is 4.26. The molecule has 0 aliphatic rings. The second-order valence-electron chi connectivity index (χ2n) is 3.10. The maximum absolute atomic E-state index is 6.13. The maximum atomic E-state index is 6.13. The number of benzene rings is 1. The first kappa shape index (κ1) is 9.81. The number of hydrogen-bond donors (Lipinski definition) is 0. The molecule has 0 bridgehead atoms. The fourth-order valence-corrected chi connectivity index (χ4v) is 2.86. The van der Waals surface area contributed by atoms with E-state index in [9.17, 15) is 0 Å². The molecule has 0 aliphatic carbocycles. The number of fused-ring (bicyclic) bond motifs is 1. The minimum Gasteiger partial charge on any atom is -0.491 e. The number of halogens is 1. The molecule has 0 N–H and O–H groups in total. The van der Waals surface area contributed by atoms with Crippen LogP contribution < -0.4 is 4.74 Å². The molecule has 0 radical (unpaired) electrons. The second kappa shape index (κ2) is 3.79. The highest BCUT2D eigenvalue weighted by Crippen LogP contribution is 2.38. The lowest BCUT2D eigenvalue weighted by molar-refractivity contribution is 0.345. The molecular weight excluding hydrogens is 216 g/mol. The lowest BCUT2D eigenvalue weighted by atomic mass is 10.1. The monoisotopic (exact) mass is 226 g/mol. The average Bonchev–Trinajstić information content (AvgIpc) is 2.60. The smallest absolute Gasteiger partial charge is 0.155 e. The summed E-state index contributed by atoms with van der Waals surface area (Å²) >= 11 is 7.80. The van der Waals surface area contributed by atoms with Gasteiger partial charge in [0.1, 0.15) is 0 Å². The van der Waals surface area contributed by atoms with Gasteiger partial charge in [-0.15, -0.1) is 11.3 Å². The van der Waals surface area contributed by atoms with Gasteiger partial charge in [0.15, 0.2) is 5.75 Å². The first-order chi connectivity index (χ1) is 6.74. The Morgan fingerprint density at radius 3 is 3.00 bits per heavy atom. The largest absolute Gasteiger partial charge is 0.491 e. The minimum atomic E-state index is 0.649. The van der Waals surface area contributed by atoms with E-state index in [4.69, 9.17) is 16.3 Å². The summed E-state index contributed by atoms with van der Waals surface area (Å²) in [5, 5.41) is 4.01. The van der Waals surface area contributed by atoms with Gasteiger partial charge in [0.05, 0.1) is 16.3 Å². The fourth-order valence-electron chi connectivity index (χ4n) is 1.52. The average molecular weight is 227 g/mol. The van der Waals surface area contributed by atoms with Crippen LogP contribution >= 0.6 is 22.9 Å². The number of ether oxygens (including phenoxy) is 1. The number of hydrogen-bond acceptors (Lipinski definition) is 2. The molecule has 2 rings (SSSR count). The molecule has 14 heavy (non-hydrogen) atoms. The van der Waals surface area contributed by atoms with Gasteiger partial charge in [0.2, 0.25) is 0 Å². The minimum absolute atomic E-state index is 0.649. The quantitative estimate of drug-likeness (QED) is 0.744. The molecule has 1 nitrogen and oxygen atoms in total. The van der Waals surface area contributed by atoms with Crippen LogP contribution in [0.5, 0.6) is 5.75 Å². The SMILES string of the molecule is CCOc1c(Cl)cc(C)c2ccsc12. The molecule has 1 heterocycles. The Morgan fingerprint density at radius 1 is 1.50 bits per heavy atom. The number of rotatable bonds is 2. The van der Waals surface area contributed by atoms with Crippen molar-refractivity contribution in [1.82, 2.24) is 0 Å². The van der Waals surface area contributed by atoms with E-state index in [-0.39, 0.29) is 0 Å². The molecule has 0 saturated carbocycles. The Hall–Kier alpha value is -0.730. The highest BCUT2D eigenvalue weighted by Gasteiger charge is 2.10. The van der Waals surface area contributed by atoms with Gasteiger partial charge in [-0.1, -0.05) is 11.6 Å². The van der Waals surface area contributed by atoms with Gasteiger partial charge < -0.3 is 4.74 Å². The van der Waals surface area contributed by atoms with E-state index in [0.717, 1.165) is 10.4 Å². The number of aryl methyl sites for hydroxylation is 1. The van der Waals surface area contributed by atoms with Crippen LogP contribution in [0.25, 0.3) is 10.1 Å². The van der Waals surface area contributed by atoms with E-state index in [1.54, 1.807) is 11.3 Å². The molecule has 0 atom stereocenters. The molecule has 0 saturated heterocycles. The predicted molar refractivity (Wildman–Crippen MR) is 62.7 cm³/mol. The molecule has 3 heteroatoms. The molecule has 0 unspecified atom stereocenters. The zero-order chi connectivity index (χ0) is 10.1. The van der Waals surface area contributed by atoms with Gasteiger partial charge in [-0.05, 0) is 42.3 Å². The fraction of sp³-hybridized carbons (Fsp3) is 0.273. The normalized spacial score (nSPS) is 10.8. The summed E-state index contributed by atoms with van der Waals surface area (Å²) in [5.74, 6) is 0.824. The van der Waals surface area contributed by atoms with Crippen LogP contribution in [0.2, 0.25) is 5.02 Å². The van der Waals surface area contributed by atoms with Crippen LogP contribution in [0, 0.1) is 6.92 Å². The van der Waals surface area contributed by atoms with Crippen molar-refractivity contribution in [3.63, 3.8) is 0 Å². The van der Waals surface area contributed by atoms with Crippen molar-refractivity contribution in [2.45, 2.75) is 13.8 Å². The standard InChI is InChI=1S/C11H11ClOS/c1-3-13-10-9(12)6-7(2)8-4-5-14-11(8)10/h4-6H,3H2,1-2H3. The Labute approximate surface area is 92.3 Å². The van der Waals surface area contributed by atoms with E-state index >= 15 is 0 Å². The van der Waals surface area contributed by atoms with Crippen LogP contribution in [0.1, 0.15) is 12.5 Å². The van der Waals surface area contributed by atoms with Gasteiger partial charge in [0.25, 0.3) is 0 Å². The van der Waals surface area contributed by atoms with Crippen LogP contribution in [0.4, 0.5) is 0 Å². The lowest BCUT2D eigenvalue weighted by Crippen LogP contribution is -1.92. The molecule has 74 valence electrons. The van der Waals surface area contributed by atoms with Crippen molar-refractivity contribution in [1.29, 1.82) is 0 Å². The molecule has 1 aromatic heterocycles. The van der Waals surface area contributed by atoms with Crippen molar-refractivity contribution in [3.05, 3.63) is 28.1 Å². The van der Waals surface area contributed by atoms with E-state index in [1.807, 2.05) is 13.0 Å². The molecular formula is C11H11ClOS. The second-order valence-corrected chi connectivity index (χ2v) is 4.42. The molecule has 0 spiro atoms. The van der Waals surface area contributed by atoms with E-state index in [2.05, 4.69) is 18.4 Å². The summed E-state index contributed by atoms with van der Waals surface area (Å²) in [6.07, 6.45) is 0. The van der Waals surface area contributed by atoms with Crippen molar-refractivity contribution < 1.29 is 4.74 Å². The molecule has 0 aliphatic heterocycles. The van der Waals surface area contributed by atoms with E-state index < -0.39 is 0 Å². The van der Waals surface area contributed by atoms with Crippen molar-refractivity contribution >= 4 is 33.0 Å². The van der Waals surface area contributed by atoms with Crippen molar-refractivity contribution in [2.24, 2.45) is 0 Å². The Morgan fingerprint density at radius 2 is 2.29 bits per heavy atom. The molecule has 0 amide bonds. The van der Waals surface area contributed by atoms with E-state index in [0.29, 0.717) is 11.6 Å². The Bertz CT molecular complexity index is 462. The summed E-state index contributed by atoms with van der Waals surface area (Å²) in [4.78, 5) is 0. The van der Waals surface area contributed by atoms with Crippen LogP contribution in [0.3, 0.4) is 0 Å². The van der Waals surface area contributed by atoms with Gasteiger partial charge in [-0.2, -0.15) is 0 Å². The van der Waals surface area contributed by atoms with E-state index in [1.165, 1.54) is 10.9 Å². The van der Waals surface area contributed by atoms with Gasteiger partial charge >= 0.3 is 0 Å². The zero-order valence-corrected chi connectivity index (χ0v) is 9.71. The van der Waals surface area contributed by atoms with Gasteiger partial charge in [-0.3, -0.25) is 0 Å². The third-order valence-corrected chi connectivity index (χ3v) is 3.34. The van der Waals surface area contributed by atoms with Crippen molar-refractivity contribution in [3.8, 4) is 5.75 Å². The lowest BCUT2D eigenvalue weighted by Gasteiger charge is -2.08. The van der Waals surface area contributed by atoms with Crippen LogP contribution in [0.15, 0.2) is 17.5 Å². The van der Waals surface area contributed by atoms with Gasteiger partial charge in [-0.25, -0.2) is 0 Å². The number of thiophene rings is 1. The Kier molecular flexibility index (Phi) is 2.66. The highest BCUT2D eigenvalue weighted by molar-refractivity contribution is 7.17. The van der Waals surface area contributed by atoms with Gasteiger partial charge in [0, 0.05) is 0 Å². The summed E-state index contributed by atoms with van der Waals surface area (Å²) in [6, 6.07) is 4.07. The third kappa shape index (κ3) is 1.49. The highest BCUT2D eigenvalue weighted by atomic mass is 35.5. The van der Waals surface area contributed by atoms with Crippen LogP contribution in [-0.2, 0) is 0 Å².